The van der Waals surface area contributed by atoms with Crippen molar-refractivity contribution in [2.24, 2.45) is 10.8 Å². The van der Waals surface area contributed by atoms with E-state index in [9.17, 15) is 14.4 Å². The maximum Gasteiger partial charge on any atom is 0.394 e. The Morgan fingerprint density at radius 3 is 1.42 bits per heavy atom. The standard InChI is InChI=1S/C28H25N5O.C21H19N3.C12H11N3.2C12H14N2.C7H6N2O.C7H10N2.C5H9NO.4C2H6.H2O4S/c1-29-23-9-10-24-25-20-32(16-5-8-21-6-3-2-4-7-21)17-13-26(25)33(27(24)18-23)28(34)31-19-22-11-14-30-15-12-22;1-22-17-9-10-18-19-15-24(13-11-20(19)23-21(18)14-17)12-5-8-16-6-3-2-4-7-16;1-13-8-2-3-9-10-7-14-5-4-11(10)15-12(9)6-8;1-8-2-3-9-10-7-13-5-4-11(10)14-12(9)6-8;1-8-3-2-4-11-12(8)9-7-13-6-5-10(9)14-11;10-6-9-5-7-1-3-8-4-2-7;1-6-2-4-7(9-8)5-3-6;7-5-1-3-6-4-2-5;4*1-2;1-5(2,3)4/h2-12,14-15,18H,13,16-17,19-20H2,(H,31,34);2-10,14,23H,11-13,15H2;2-3,6,14-15H,4-5,7H2;2-3,6,13-14H,4-5,7H2,1H3;2-4,13-14H,5-7H2,1H3;1-4H,5H2;2-5,9H,8H2,1H3;6H,1-4H2;4*1-2H3;(H2,1,2,3,4)/b2*8-5+;;;;;;;;;;;. The van der Waals surface area contributed by atoms with Gasteiger partial charge in [0.25, 0.3) is 0 Å². The molecule has 0 saturated carbocycles. The zero-order valence-corrected chi connectivity index (χ0v) is 83.2. The van der Waals surface area contributed by atoms with Crippen LogP contribution in [-0.2, 0) is 97.9 Å². The van der Waals surface area contributed by atoms with Crippen molar-refractivity contribution in [1.29, 1.82) is 0 Å². The van der Waals surface area contributed by atoms with Crippen LogP contribution in [0.5, 0.6) is 0 Å². The van der Waals surface area contributed by atoms with Crippen LogP contribution >= 0.6 is 0 Å². The van der Waals surface area contributed by atoms with E-state index < -0.39 is 10.4 Å². The number of amides is 1. The molecule has 0 aliphatic carbocycles. The zero-order chi connectivity index (χ0) is 101. The van der Waals surface area contributed by atoms with Gasteiger partial charge in [0.1, 0.15) is 5.78 Å². The lowest BCUT2D eigenvalue weighted by molar-refractivity contribution is -0.119. The van der Waals surface area contributed by atoms with Crippen LogP contribution in [0.3, 0.4) is 0 Å². The molecule has 6 aliphatic heterocycles. The number of carbonyl (C=O) groups is 2. The van der Waals surface area contributed by atoms with Gasteiger partial charge in [0, 0.05) is 257 Å². The third-order valence-electron chi connectivity index (χ3n) is 23.3. The molecule has 14 N–H and O–H groups in total. The lowest BCUT2D eigenvalue weighted by Gasteiger charge is -2.27. The number of hydrogen-bond acceptors (Lipinski definition) is 16. The largest absolute Gasteiger partial charge is 0.394 e. The van der Waals surface area contributed by atoms with Gasteiger partial charge in [0.05, 0.1) is 26.3 Å². The first-order chi connectivity index (χ1) is 68.3. The number of Topliss-reactive ketones (excluding diaryl/α,β-unsaturated/α-hetero) is 1. The molecule has 1 fully saturated rings. The molecule has 1 amide bonds. The number of piperidine rings is 1. The van der Waals surface area contributed by atoms with Crippen molar-refractivity contribution in [3.05, 3.63) is 367 Å². The van der Waals surface area contributed by atoms with Gasteiger partial charge in [-0.2, -0.15) is 8.42 Å². The lowest BCUT2D eigenvalue weighted by atomic mass is 10.0. The minimum Gasteiger partial charge on any atom is -0.359 e. The van der Waals surface area contributed by atoms with E-state index in [2.05, 4.69) is 208 Å². The van der Waals surface area contributed by atoms with Crippen molar-refractivity contribution in [3.63, 3.8) is 0 Å². The number of aromatic nitrogens is 7. The molecule has 21 rings (SSSR count). The fourth-order valence-corrected chi connectivity index (χ4v) is 16.8. The number of benzene rings is 8. The number of rotatable bonds is 11. The second kappa shape index (κ2) is 58.4. The molecule has 8 aromatic carbocycles. The average molecular weight is 1900 g/mol. The number of hydrogen-bond donors (Lipinski definition) is 13. The SMILES string of the molecule is CC.CC.CC.CC.Cc1ccc(NN)cc1.Cc1ccc2c3c([nH]c2c1)CCNC3.Cc1cccc2[nH]c3c(c12)CNCC3.O=C1CCNCC1.O=C=NCc1ccncc1.O=S(=O)(O)O.[C-]#[N+]c1ccc2c3c([nH]c2c1)CCN(C/C=C/c1ccccc1)C3.[C-]#[N+]c1ccc2c3c([nH]c2c1)CCNC3.[C-]#[N+]c1ccc2c3c(n(C(=O)NCc4ccncc4)c2c1)CCN(C/C=C/c1ccccc1)C3. The summed E-state index contributed by atoms with van der Waals surface area (Å²) in [5.74, 6) is 5.55. The number of aromatic amines is 4. The normalized spacial score (nSPS) is 13.5. The highest BCUT2D eigenvalue weighted by Gasteiger charge is 2.28. The maximum atomic E-state index is 13.3. The van der Waals surface area contributed by atoms with E-state index in [1.165, 1.54) is 117 Å². The van der Waals surface area contributed by atoms with Crippen LogP contribution in [0.2, 0.25) is 0 Å². The van der Waals surface area contributed by atoms with Crippen LogP contribution < -0.4 is 37.9 Å². The van der Waals surface area contributed by atoms with E-state index in [4.69, 9.17) is 43.1 Å². The molecule has 0 unspecified atom stereocenters. The molecule has 6 aliphatic rings. The van der Waals surface area contributed by atoms with Gasteiger partial charge in [0.2, 0.25) is 6.08 Å². The van der Waals surface area contributed by atoms with Crippen LogP contribution in [0.1, 0.15) is 163 Å². The summed E-state index contributed by atoms with van der Waals surface area (Å²) >= 11 is 0. The molecule has 13 heterocycles. The van der Waals surface area contributed by atoms with Gasteiger partial charge in [-0.3, -0.25) is 44.1 Å². The molecule has 0 bridgehead atoms. The van der Waals surface area contributed by atoms with E-state index in [0.717, 1.165) is 181 Å². The van der Waals surface area contributed by atoms with Crippen LogP contribution in [0.15, 0.2) is 242 Å². The van der Waals surface area contributed by atoms with Crippen LogP contribution in [0.4, 0.5) is 27.5 Å². The molecular weight excluding hydrogens is 1770 g/mol. The smallest absolute Gasteiger partial charge is 0.359 e. The number of nitrogens with two attached hydrogens (primary N) is 1. The summed E-state index contributed by atoms with van der Waals surface area (Å²) in [5.41, 5.74) is 32.7. The summed E-state index contributed by atoms with van der Waals surface area (Å²) < 4.78 is 33.4. The van der Waals surface area contributed by atoms with Gasteiger partial charge >= 0.3 is 16.4 Å². The second-order valence-corrected chi connectivity index (χ2v) is 33.4. The minimum absolute atomic E-state index is 0.164. The van der Waals surface area contributed by atoms with E-state index in [1.807, 2.05) is 172 Å². The zero-order valence-electron chi connectivity index (χ0n) is 82.4. The molecule has 140 heavy (non-hydrogen) atoms. The number of nitrogens with zero attached hydrogens (tertiary/aromatic N) is 9. The Bertz CT molecular complexity index is 6780. The van der Waals surface area contributed by atoms with Gasteiger partial charge in [-0.05, 0) is 149 Å². The second-order valence-electron chi connectivity index (χ2n) is 32.5. The number of H-pyrrole nitrogens is 4. The molecule has 730 valence electrons. The number of anilines is 1. The van der Waals surface area contributed by atoms with Crippen molar-refractivity contribution >= 4 is 118 Å². The molecule has 15 aromatic rings. The molecule has 1 saturated heterocycles. The molecule has 7 aromatic heterocycles. The summed E-state index contributed by atoms with van der Waals surface area (Å²) in [6.07, 6.45) is 23.6. The van der Waals surface area contributed by atoms with Crippen molar-refractivity contribution < 1.29 is 31.9 Å². The first-order valence-corrected chi connectivity index (χ1v) is 49.5. The Balaban J connectivity index is 0.000000183. The Kier molecular flexibility index (Phi) is 45.6. The Morgan fingerprint density at radius 1 is 0.486 bits per heavy atom. The maximum absolute atomic E-state index is 13.3. The van der Waals surface area contributed by atoms with Crippen molar-refractivity contribution in [2.75, 3.05) is 64.3 Å². The van der Waals surface area contributed by atoms with Crippen molar-refractivity contribution in [1.82, 2.24) is 70.9 Å². The fraction of sp³-hybridized carbons (Fsp3) is 0.304. The Hall–Kier alpha value is -14.4. The number of fused-ring (bicyclic) bond motifs is 15. The molecule has 0 atom stereocenters. The number of ketones is 1. The first-order valence-electron chi connectivity index (χ1n) is 48.1. The van der Waals surface area contributed by atoms with E-state index in [-0.39, 0.29) is 6.03 Å². The Morgan fingerprint density at radius 2 is 0.921 bits per heavy atom. The summed E-state index contributed by atoms with van der Waals surface area (Å²) in [5, 5.41) is 22.7. The third-order valence-corrected chi connectivity index (χ3v) is 23.3. The molecular formula is C112H134N20O7S. The predicted octanol–water partition coefficient (Wildman–Crippen LogP) is 22.4. The topological polar surface area (TPSA) is 350 Å². The van der Waals surface area contributed by atoms with Crippen LogP contribution in [-0.4, -0.2) is 139 Å². The number of isocyanates is 1. The highest BCUT2D eigenvalue weighted by Crippen LogP contribution is 2.36. The number of pyridine rings is 2. The number of hydrazine groups is 1. The number of carbonyl (C=O) groups excluding carboxylic acids is 3. The summed E-state index contributed by atoms with van der Waals surface area (Å²) in [4.78, 5) is 74.0. The summed E-state index contributed by atoms with van der Waals surface area (Å²) in [6, 6.07) is 66.4. The van der Waals surface area contributed by atoms with E-state index in [1.54, 1.807) is 41.5 Å². The van der Waals surface area contributed by atoms with Crippen LogP contribution in [0, 0.1) is 40.5 Å². The Labute approximate surface area is 824 Å². The van der Waals surface area contributed by atoms with Gasteiger partial charge in [-0.1, -0.05) is 219 Å². The lowest BCUT2D eigenvalue weighted by Crippen LogP contribution is -2.34. The van der Waals surface area contributed by atoms with E-state index in [0.29, 0.717) is 35.9 Å². The van der Waals surface area contributed by atoms with Gasteiger partial charge in [0.15, 0.2) is 17.1 Å². The van der Waals surface area contributed by atoms with Gasteiger partial charge < -0.3 is 51.9 Å². The molecule has 0 radical (unpaired) electrons. The van der Waals surface area contributed by atoms with Crippen molar-refractivity contribution in [2.45, 2.75) is 167 Å². The summed E-state index contributed by atoms with van der Waals surface area (Å²) in [7, 11) is -4.67. The number of nitrogen functional groups attached to an aromatic ring is 1. The number of aliphatic imine (C=N–C) groups is 1. The predicted molar refractivity (Wildman–Crippen MR) is 572 cm³/mol. The third kappa shape index (κ3) is 32.9. The highest BCUT2D eigenvalue weighted by molar-refractivity contribution is 7.79. The monoisotopic (exact) mass is 1900 g/mol. The summed E-state index contributed by atoms with van der Waals surface area (Å²) in [6.45, 7) is 58.2. The van der Waals surface area contributed by atoms with Gasteiger partial charge in [-0.15, -0.1) is 0 Å². The molecule has 27 nitrogen and oxygen atoms in total. The van der Waals surface area contributed by atoms with Crippen molar-refractivity contribution in [3.8, 4) is 0 Å². The van der Waals surface area contributed by atoms with Gasteiger partial charge in [-0.25, -0.2) is 29.1 Å². The van der Waals surface area contributed by atoms with E-state index >= 15 is 0 Å². The quantitative estimate of drug-likeness (QED) is 0.0143. The minimum atomic E-state index is -4.67. The molecule has 0 spiro atoms. The first kappa shape index (κ1) is 109. The number of aryl methyl sites for hydroxylation is 3. The highest BCUT2D eigenvalue weighted by atomic mass is 32.3. The number of nitrogens with one attached hydrogen (secondary N) is 10. The molecule has 28 heteroatoms. The average Bonchev–Trinajstić information content (AvgIpc) is 1.59. The fourth-order valence-electron chi connectivity index (χ4n) is 16.8. The van der Waals surface area contributed by atoms with Crippen LogP contribution in [0.25, 0.3) is 81.2 Å².